The van der Waals surface area contributed by atoms with E-state index in [1.807, 2.05) is 60.7 Å². The topological polar surface area (TPSA) is 80.2 Å². The molecule has 1 heterocycles. The number of nitrogens with zero attached hydrogens (tertiary/aromatic N) is 1. The van der Waals surface area contributed by atoms with Gasteiger partial charge in [-0.25, -0.2) is 9.38 Å². The second-order valence-corrected chi connectivity index (χ2v) is 11.7. The Morgan fingerprint density at radius 3 is 2.40 bits per heavy atom. The van der Waals surface area contributed by atoms with E-state index >= 15 is 0 Å². The van der Waals surface area contributed by atoms with Gasteiger partial charge in [-0.3, -0.25) is 4.79 Å². The molecule has 4 aromatic carbocycles. The fourth-order valence-electron chi connectivity index (χ4n) is 4.83. The van der Waals surface area contributed by atoms with E-state index in [4.69, 9.17) is 19.6 Å². The summed E-state index contributed by atoms with van der Waals surface area (Å²) in [6.07, 6.45) is -0.0136. The molecule has 0 saturated heterocycles. The van der Waals surface area contributed by atoms with E-state index in [2.05, 4.69) is 37.2 Å². The predicted molar refractivity (Wildman–Crippen MR) is 167 cm³/mol. The third-order valence-electron chi connectivity index (χ3n) is 7.00. The molecule has 0 unspecified atom stereocenters. The van der Waals surface area contributed by atoms with Gasteiger partial charge in [0.05, 0.1) is 6.61 Å². The van der Waals surface area contributed by atoms with Crippen LogP contribution in [0.5, 0.6) is 5.75 Å². The highest BCUT2D eigenvalue weighted by atomic mass is 79.9. The molecule has 0 bridgehead atoms. The highest BCUT2D eigenvalue weighted by Gasteiger charge is 2.53. The fraction of sp³-hybridized carbons (Fsp3) is 0.212. The Morgan fingerprint density at radius 1 is 0.976 bits per heavy atom. The van der Waals surface area contributed by atoms with Gasteiger partial charge in [0.15, 0.2) is 11.6 Å². The van der Waals surface area contributed by atoms with Crippen molar-refractivity contribution >= 4 is 43.7 Å². The summed E-state index contributed by atoms with van der Waals surface area (Å²) in [7, 11) is 0. The van der Waals surface area contributed by atoms with Crippen LogP contribution in [0, 0.1) is 5.82 Å². The molecule has 0 radical (unpaired) electrons. The standard InChI is InChI=1S/C33H29Br2FN2O4/c34-25-14-10-22(11-15-25)20-33(32(40)37-21-24-6-1-4-9-29(24)36)30(27-7-2-3-8-28(27)35)42-31(38-33)23-12-16-26(17-13-23)41-19-5-18-39/h1-4,6-17,30,39H,5,18-21H2,(H,37,40)/t30-,33-/m1/s1. The van der Waals surface area contributed by atoms with Crippen LogP contribution in [0.3, 0.4) is 0 Å². The zero-order chi connectivity index (χ0) is 29.5. The quantitative estimate of drug-likeness (QED) is 0.167. The maximum Gasteiger partial charge on any atom is 0.252 e. The van der Waals surface area contributed by atoms with Crippen LogP contribution in [0.15, 0.2) is 111 Å². The first-order valence-electron chi connectivity index (χ1n) is 13.5. The van der Waals surface area contributed by atoms with Crippen LogP contribution in [0.25, 0.3) is 0 Å². The molecular weight excluding hydrogens is 667 g/mol. The Bertz CT molecular complexity index is 1560. The van der Waals surface area contributed by atoms with Crippen LogP contribution in [0.2, 0.25) is 0 Å². The molecule has 2 atom stereocenters. The van der Waals surface area contributed by atoms with Crippen molar-refractivity contribution < 1.29 is 23.8 Å². The molecule has 1 amide bonds. The highest BCUT2D eigenvalue weighted by Crippen LogP contribution is 2.44. The molecule has 6 nitrogen and oxygen atoms in total. The molecule has 0 aliphatic carbocycles. The zero-order valence-electron chi connectivity index (χ0n) is 22.6. The predicted octanol–water partition coefficient (Wildman–Crippen LogP) is 6.93. The molecule has 0 aromatic heterocycles. The molecule has 0 saturated carbocycles. The first-order chi connectivity index (χ1) is 20.4. The van der Waals surface area contributed by atoms with Gasteiger partial charge in [0.25, 0.3) is 5.91 Å². The monoisotopic (exact) mass is 694 g/mol. The molecule has 4 aromatic rings. The van der Waals surface area contributed by atoms with E-state index in [0.29, 0.717) is 35.8 Å². The van der Waals surface area contributed by atoms with Crippen molar-refractivity contribution in [3.05, 3.63) is 134 Å². The Labute approximate surface area is 260 Å². The summed E-state index contributed by atoms with van der Waals surface area (Å²) in [4.78, 5) is 19.3. The summed E-state index contributed by atoms with van der Waals surface area (Å²) < 4.78 is 28.4. The van der Waals surface area contributed by atoms with Gasteiger partial charge in [-0.2, -0.15) is 0 Å². The van der Waals surface area contributed by atoms with Gasteiger partial charge in [0, 0.05) is 51.6 Å². The largest absolute Gasteiger partial charge is 0.494 e. The maximum absolute atomic E-state index is 14.5. The van der Waals surface area contributed by atoms with Crippen LogP contribution in [0.1, 0.15) is 34.8 Å². The molecule has 1 aliphatic rings. The third-order valence-corrected chi connectivity index (χ3v) is 8.25. The molecule has 42 heavy (non-hydrogen) atoms. The second-order valence-electron chi connectivity index (χ2n) is 9.89. The summed E-state index contributed by atoms with van der Waals surface area (Å²) in [5.41, 5.74) is 1.30. The van der Waals surface area contributed by atoms with Crippen molar-refractivity contribution in [2.24, 2.45) is 4.99 Å². The number of amides is 1. The van der Waals surface area contributed by atoms with Gasteiger partial charge in [-0.15, -0.1) is 0 Å². The number of carbonyl (C=O) groups is 1. The van der Waals surface area contributed by atoms with Crippen LogP contribution in [0.4, 0.5) is 4.39 Å². The highest BCUT2D eigenvalue weighted by molar-refractivity contribution is 9.10. The van der Waals surface area contributed by atoms with Crippen molar-refractivity contribution in [1.82, 2.24) is 5.32 Å². The lowest BCUT2D eigenvalue weighted by Crippen LogP contribution is -2.49. The number of hydrogen-bond donors (Lipinski definition) is 2. The Hall–Kier alpha value is -3.53. The second kappa shape index (κ2) is 13.6. The summed E-state index contributed by atoms with van der Waals surface area (Å²) in [5.74, 6) is 0.191. The van der Waals surface area contributed by atoms with E-state index in [1.54, 1.807) is 30.3 Å². The van der Waals surface area contributed by atoms with Crippen LogP contribution < -0.4 is 10.1 Å². The summed E-state index contributed by atoms with van der Waals surface area (Å²) in [6, 6.07) is 29.0. The van der Waals surface area contributed by atoms with E-state index in [9.17, 15) is 9.18 Å². The van der Waals surface area contributed by atoms with Gasteiger partial charge in [-0.1, -0.05) is 80.4 Å². The molecule has 216 valence electrons. The molecule has 0 fully saturated rings. The van der Waals surface area contributed by atoms with Gasteiger partial charge in [0.2, 0.25) is 5.90 Å². The number of hydrogen-bond acceptors (Lipinski definition) is 5. The van der Waals surface area contributed by atoms with Gasteiger partial charge in [0.1, 0.15) is 11.6 Å². The van der Waals surface area contributed by atoms with Crippen LogP contribution in [-0.2, 0) is 22.5 Å². The summed E-state index contributed by atoms with van der Waals surface area (Å²) >= 11 is 7.14. The lowest BCUT2D eigenvalue weighted by molar-refractivity contribution is -0.129. The minimum absolute atomic E-state index is 0.000995. The van der Waals surface area contributed by atoms with Gasteiger partial charge in [-0.05, 0) is 54.1 Å². The minimum Gasteiger partial charge on any atom is -0.494 e. The number of aliphatic hydroxyl groups excluding tert-OH is 1. The maximum atomic E-state index is 14.5. The van der Waals surface area contributed by atoms with E-state index in [-0.39, 0.29) is 25.5 Å². The lowest BCUT2D eigenvalue weighted by atomic mass is 9.82. The first kappa shape index (κ1) is 29.9. The van der Waals surface area contributed by atoms with Crippen molar-refractivity contribution in [3.8, 4) is 5.75 Å². The van der Waals surface area contributed by atoms with E-state index in [0.717, 1.165) is 20.1 Å². The number of nitrogens with one attached hydrogen (secondary N) is 1. The Balaban J connectivity index is 1.57. The van der Waals surface area contributed by atoms with E-state index < -0.39 is 17.5 Å². The smallest absolute Gasteiger partial charge is 0.252 e. The third kappa shape index (κ3) is 6.75. The number of ether oxygens (including phenoxy) is 2. The summed E-state index contributed by atoms with van der Waals surface area (Å²) in [6.45, 7) is 0.454. The zero-order valence-corrected chi connectivity index (χ0v) is 25.8. The molecule has 2 N–H and O–H groups in total. The molecule has 0 spiro atoms. The lowest BCUT2D eigenvalue weighted by Gasteiger charge is -2.31. The van der Waals surface area contributed by atoms with Crippen molar-refractivity contribution in [1.29, 1.82) is 0 Å². The molecule has 5 rings (SSSR count). The number of carbonyl (C=O) groups excluding carboxylic acids is 1. The summed E-state index contributed by atoms with van der Waals surface area (Å²) in [5, 5.41) is 12.0. The SMILES string of the molecule is O=C(NCc1ccccc1F)[C@]1(Cc2ccc(Br)cc2)N=C(c2ccc(OCCCO)cc2)O[C@@H]1c1ccccc1Br. The average molecular weight is 696 g/mol. The van der Waals surface area contributed by atoms with E-state index in [1.165, 1.54) is 6.07 Å². The minimum atomic E-state index is -1.41. The number of benzene rings is 4. The first-order valence-corrected chi connectivity index (χ1v) is 15.1. The number of aliphatic imine (C=N–C) groups is 1. The average Bonchev–Trinajstić information content (AvgIpc) is 3.38. The molecule has 1 aliphatic heterocycles. The number of aliphatic hydroxyl groups is 1. The van der Waals surface area contributed by atoms with Crippen LogP contribution in [-0.4, -0.2) is 35.7 Å². The van der Waals surface area contributed by atoms with Crippen molar-refractivity contribution in [2.45, 2.75) is 31.0 Å². The Morgan fingerprint density at radius 2 is 1.69 bits per heavy atom. The number of rotatable bonds is 11. The van der Waals surface area contributed by atoms with Crippen molar-refractivity contribution in [3.63, 3.8) is 0 Å². The number of halogens is 3. The Kier molecular flexibility index (Phi) is 9.72. The normalized spacial score (nSPS) is 17.8. The fourth-order valence-corrected chi connectivity index (χ4v) is 5.59. The van der Waals surface area contributed by atoms with Crippen LogP contribution >= 0.6 is 31.9 Å². The van der Waals surface area contributed by atoms with Crippen molar-refractivity contribution in [2.75, 3.05) is 13.2 Å². The molecular formula is C33H29Br2FN2O4. The molecule has 9 heteroatoms. The van der Waals surface area contributed by atoms with Gasteiger partial charge >= 0.3 is 0 Å². The van der Waals surface area contributed by atoms with Gasteiger partial charge < -0.3 is 19.9 Å².